The molecule has 0 aromatic heterocycles. The second-order valence-corrected chi connectivity index (χ2v) is 6.26. The Morgan fingerprint density at radius 1 is 1.08 bits per heavy atom. The summed E-state index contributed by atoms with van der Waals surface area (Å²) in [6.07, 6.45) is -2.90. The van der Waals surface area contributed by atoms with Crippen LogP contribution < -0.4 is 5.32 Å². The fraction of sp³-hybridized carbons (Fsp3) is 0.158. The Morgan fingerprint density at radius 3 is 2.27 bits per heavy atom. The average molecular weight is 376 g/mol. The highest BCUT2D eigenvalue weighted by atomic mass is 32.1. The summed E-state index contributed by atoms with van der Waals surface area (Å²) >= 11 is 5.26. The van der Waals surface area contributed by atoms with Crippen molar-refractivity contribution in [1.29, 1.82) is 0 Å². The molecule has 1 aliphatic heterocycles. The number of thiocarbonyl (C=S) groups is 1. The molecule has 2 aromatic rings. The summed E-state index contributed by atoms with van der Waals surface area (Å²) in [5, 5.41) is 3.11. The summed E-state index contributed by atoms with van der Waals surface area (Å²) in [5.41, 5.74) is 0.907. The first kappa shape index (κ1) is 18.1. The molecule has 1 fully saturated rings. The minimum absolute atomic E-state index is 0.234. The van der Waals surface area contributed by atoms with Crippen LogP contribution in [0.5, 0.6) is 0 Å². The zero-order chi connectivity index (χ0) is 18.9. The highest BCUT2D eigenvalue weighted by Crippen LogP contribution is 2.30. The van der Waals surface area contributed by atoms with E-state index in [4.69, 9.17) is 12.2 Å². The minimum atomic E-state index is -4.39. The number of halogens is 3. The molecule has 1 unspecified atom stereocenters. The standard InChI is InChI=1S/C19H15F3N2OS/c1-12(14-5-3-2-4-6-14)24-17(25)16(23-18(24)26)11-13-7-9-15(10-8-13)19(20,21)22/h2-12H,1H3,(H,23,26)/b16-11-. The van der Waals surface area contributed by atoms with Crippen LogP contribution in [-0.2, 0) is 11.0 Å². The summed E-state index contributed by atoms with van der Waals surface area (Å²) < 4.78 is 37.9. The molecule has 0 bridgehead atoms. The van der Waals surface area contributed by atoms with Gasteiger partial charge in [0.15, 0.2) is 5.11 Å². The predicted molar refractivity (Wildman–Crippen MR) is 96.9 cm³/mol. The maximum absolute atomic E-state index is 12.7. The van der Waals surface area contributed by atoms with E-state index in [1.807, 2.05) is 37.3 Å². The van der Waals surface area contributed by atoms with E-state index < -0.39 is 11.7 Å². The van der Waals surface area contributed by atoms with Crippen LogP contribution in [0.1, 0.15) is 29.7 Å². The molecule has 1 saturated heterocycles. The van der Waals surface area contributed by atoms with Crippen molar-refractivity contribution in [3.05, 3.63) is 77.0 Å². The Balaban J connectivity index is 1.83. The van der Waals surface area contributed by atoms with E-state index in [9.17, 15) is 18.0 Å². The average Bonchev–Trinajstić information content (AvgIpc) is 2.88. The number of carbonyl (C=O) groups excluding carboxylic acids is 1. The third-order valence-corrected chi connectivity index (χ3v) is 4.43. The second-order valence-electron chi connectivity index (χ2n) is 5.87. The van der Waals surface area contributed by atoms with Crippen molar-refractivity contribution in [3.63, 3.8) is 0 Å². The molecule has 26 heavy (non-hydrogen) atoms. The van der Waals surface area contributed by atoms with E-state index in [1.165, 1.54) is 23.1 Å². The van der Waals surface area contributed by atoms with Gasteiger partial charge in [-0.3, -0.25) is 9.69 Å². The number of hydrogen-bond donors (Lipinski definition) is 1. The van der Waals surface area contributed by atoms with Gasteiger partial charge in [-0.15, -0.1) is 0 Å². The topological polar surface area (TPSA) is 32.3 Å². The highest BCUT2D eigenvalue weighted by molar-refractivity contribution is 7.80. The molecule has 1 aliphatic rings. The number of nitrogens with zero attached hydrogens (tertiary/aromatic N) is 1. The zero-order valence-corrected chi connectivity index (χ0v) is 14.6. The molecule has 1 heterocycles. The first-order valence-corrected chi connectivity index (χ1v) is 8.26. The van der Waals surface area contributed by atoms with E-state index in [0.29, 0.717) is 5.56 Å². The van der Waals surface area contributed by atoms with Crippen LogP contribution in [0, 0.1) is 0 Å². The summed E-state index contributed by atoms with van der Waals surface area (Å²) in [7, 11) is 0. The Kier molecular flexibility index (Phi) is 4.82. The number of nitrogens with one attached hydrogen (secondary N) is 1. The van der Waals surface area contributed by atoms with Crippen LogP contribution >= 0.6 is 12.2 Å². The molecule has 1 amide bonds. The fourth-order valence-electron chi connectivity index (χ4n) is 2.72. The van der Waals surface area contributed by atoms with Crippen molar-refractivity contribution in [2.24, 2.45) is 0 Å². The van der Waals surface area contributed by atoms with Gasteiger partial charge in [0.1, 0.15) is 5.70 Å². The number of benzene rings is 2. The number of rotatable bonds is 3. The van der Waals surface area contributed by atoms with Gasteiger partial charge in [-0.25, -0.2) is 0 Å². The Hall–Kier alpha value is -2.67. The quantitative estimate of drug-likeness (QED) is 0.631. The monoisotopic (exact) mass is 376 g/mol. The van der Waals surface area contributed by atoms with Gasteiger partial charge in [0.05, 0.1) is 11.6 Å². The molecule has 1 N–H and O–H groups in total. The first-order valence-electron chi connectivity index (χ1n) is 7.86. The third kappa shape index (κ3) is 3.62. The number of hydrogen-bond acceptors (Lipinski definition) is 2. The number of carbonyl (C=O) groups is 1. The van der Waals surface area contributed by atoms with E-state index in [-0.39, 0.29) is 22.8 Å². The minimum Gasteiger partial charge on any atom is -0.328 e. The maximum atomic E-state index is 12.7. The molecular weight excluding hydrogens is 361 g/mol. The fourth-order valence-corrected chi connectivity index (χ4v) is 3.07. The Morgan fingerprint density at radius 2 is 1.69 bits per heavy atom. The van der Waals surface area contributed by atoms with Gasteiger partial charge in [0.2, 0.25) is 0 Å². The normalized spacial score (nSPS) is 17.5. The van der Waals surface area contributed by atoms with Gasteiger partial charge in [-0.1, -0.05) is 42.5 Å². The third-order valence-electron chi connectivity index (χ3n) is 4.13. The number of amides is 1. The van der Waals surface area contributed by atoms with Crippen LogP contribution in [0.4, 0.5) is 13.2 Å². The van der Waals surface area contributed by atoms with Crippen molar-refractivity contribution in [3.8, 4) is 0 Å². The molecule has 134 valence electrons. The van der Waals surface area contributed by atoms with Gasteiger partial charge in [0.25, 0.3) is 5.91 Å². The summed E-state index contributed by atoms with van der Waals surface area (Å²) in [6, 6.07) is 13.8. The smallest absolute Gasteiger partial charge is 0.328 e. The molecule has 7 heteroatoms. The van der Waals surface area contributed by atoms with Gasteiger partial charge in [0, 0.05) is 0 Å². The molecule has 0 spiro atoms. The van der Waals surface area contributed by atoms with Gasteiger partial charge < -0.3 is 5.32 Å². The van der Waals surface area contributed by atoms with Gasteiger partial charge in [-0.05, 0) is 48.5 Å². The molecule has 0 radical (unpaired) electrons. The van der Waals surface area contributed by atoms with E-state index in [0.717, 1.165) is 17.7 Å². The van der Waals surface area contributed by atoms with Crippen molar-refractivity contribution >= 4 is 29.3 Å². The zero-order valence-electron chi connectivity index (χ0n) is 13.7. The molecule has 1 atom stereocenters. The highest BCUT2D eigenvalue weighted by Gasteiger charge is 2.35. The maximum Gasteiger partial charge on any atom is 0.416 e. The van der Waals surface area contributed by atoms with Gasteiger partial charge in [-0.2, -0.15) is 13.2 Å². The molecule has 0 saturated carbocycles. The molecule has 3 rings (SSSR count). The molecule has 3 nitrogen and oxygen atoms in total. The molecular formula is C19H15F3N2OS. The van der Waals surface area contributed by atoms with Crippen LogP contribution in [0.15, 0.2) is 60.3 Å². The Bertz CT molecular complexity index is 861. The van der Waals surface area contributed by atoms with Gasteiger partial charge >= 0.3 is 6.18 Å². The lowest BCUT2D eigenvalue weighted by atomic mass is 10.1. The van der Waals surface area contributed by atoms with Crippen molar-refractivity contribution < 1.29 is 18.0 Å². The lowest BCUT2D eigenvalue weighted by molar-refractivity contribution is -0.137. The first-order chi connectivity index (χ1) is 12.3. The summed E-state index contributed by atoms with van der Waals surface area (Å²) in [5.74, 6) is -0.314. The van der Waals surface area contributed by atoms with Crippen LogP contribution in [0.2, 0.25) is 0 Å². The van der Waals surface area contributed by atoms with Crippen molar-refractivity contribution in [1.82, 2.24) is 10.2 Å². The molecule has 2 aromatic carbocycles. The lowest BCUT2D eigenvalue weighted by Crippen LogP contribution is -2.33. The summed E-state index contributed by atoms with van der Waals surface area (Å²) in [4.78, 5) is 14.1. The summed E-state index contributed by atoms with van der Waals surface area (Å²) in [6.45, 7) is 1.86. The number of alkyl halides is 3. The van der Waals surface area contributed by atoms with Crippen LogP contribution in [0.25, 0.3) is 6.08 Å². The van der Waals surface area contributed by atoms with Crippen LogP contribution in [-0.4, -0.2) is 15.9 Å². The van der Waals surface area contributed by atoms with E-state index in [2.05, 4.69) is 5.32 Å². The van der Waals surface area contributed by atoms with Crippen molar-refractivity contribution in [2.75, 3.05) is 0 Å². The SMILES string of the molecule is CC(c1ccccc1)N1C(=O)/C(=C/c2ccc(C(F)(F)F)cc2)NC1=S. The second kappa shape index (κ2) is 6.92. The van der Waals surface area contributed by atoms with E-state index in [1.54, 1.807) is 0 Å². The Labute approximate surface area is 154 Å². The van der Waals surface area contributed by atoms with Crippen LogP contribution in [0.3, 0.4) is 0 Å². The molecule has 0 aliphatic carbocycles. The predicted octanol–water partition coefficient (Wildman–Crippen LogP) is 4.52. The van der Waals surface area contributed by atoms with Crippen molar-refractivity contribution in [2.45, 2.75) is 19.1 Å². The lowest BCUT2D eigenvalue weighted by Gasteiger charge is -2.23. The largest absolute Gasteiger partial charge is 0.416 e. The van der Waals surface area contributed by atoms with E-state index >= 15 is 0 Å².